The number of nitrogens with one attached hydrogen (secondary N) is 1. The Morgan fingerprint density at radius 3 is 2.39 bits per heavy atom. The molecule has 0 spiro atoms. The van der Waals surface area contributed by atoms with E-state index in [0.717, 1.165) is 48.7 Å². The largest absolute Gasteiger partial charge is 0.354 e. The number of carbonyl (C=O) groups is 1. The fourth-order valence-electron chi connectivity index (χ4n) is 3.86. The Kier molecular flexibility index (Phi) is 5.08. The second-order valence-electron chi connectivity index (χ2n) is 7.25. The van der Waals surface area contributed by atoms with Crippen LogP contribution in [-0.2, 0) is 16.4 Å². The second kappa shape index (κ2) is 7.53. The van der Waals surface area contributed by atoms with Crippen molar-refractivity contribution in [2.45, 2.75) is 37.5 Å². The highest BCUT2D eigenvalue weighted by Gasteiger charge is 2.26. The zero-order valence-electron chi connectivity index (χ0n) is 15.9. The van der Waals surface area contributed by atoms with E-state index < -0.39 is 10.0 Å². The van der Waals surface area contributed by atoms with Crippen LogP contribution in [0, 0.1) is 0 Å². The van der Waals surface area contributed by atoms with Gasteiger partial charge in [-0.15, -0.1) is 0 Å². The van der Waals surface area contributed by atoms with Crippen molar-refractivity contribution in [3.05, 3.63) is 53.6 Å². The van der Waals surface area contributed by atoms with Crippen LogP contribution in [0.3, 0.4) is 0 Å². The van der Waals surface area contributed by atoms with E-state index >= 15 is 0 Å². The van der Waals surface area contributed by atoms with Crippen LogP contribution in [0.25, 0.3) is 22.2 Å². The summed E-state index contributed by atoms with van der Waals surface area (Å²) in [6, 6.07) is 13.1. The lowest BCUT2D eigenvalue weighted by atomic mass is 10.0. The molecule has 1 fully saturated rings. The van der Waals surface area contributed by atoms with Crippen LogP contribution in [-0.4, -0.2) is 37.1 Å². The zero-order chi connectivity index (χ0) is 19.7. The maximum atomic E-state index is 13.0. The van der Waals surface area contributed by atoms with Gasteiger partial charge < -0.3 is 4.98 Å². The van der Waals surface area contributed by atoms with E-state index in [9.17, 15) is 13.2 Å². The molecule has 6 heteroatoms. The van der Waals surface area contributed by atoms with E-state index in [1.54, 1.807) is 22.5 Å². The molecule has 1 aliphatic rings. The van der Waals surface area contributed by atoms with E-state index in [0.29, 0.717) is 24.0 Å². The van der Waals surface area contributed by atoms with E-state index in [-0.39, 0.29) is 4.90 Å². The molecular weight excluding hydrogens is 372 g/mol. The Bertz CT molecular complexity index is 1110. The molecule has 1 saturated heterocycles. The van der Waals surface area contributed by atoms with Gasteiger partial charge in [-0.1, -0.05) is 37.6 Å². The van der Waals surface area contributed by atoms with Gasteiger partial charge in [0.15, 0.2) is 6.29 Å². The summed E-state index contributed by atoms with van der Waals surface area (Å²) < 4.78 is 27.6. The number of H-pyrrole nitrogens is 1. The lowest BCUT2D eigenvalue weighted by Crippen LogP contribution is -2.35. The molecule has 0 amide bonds. The Labute approximate surface area is 165 Å². The predicted molar refractivity (Wildman–Crippen MR) is 111 cm³/mol. The fourth-order valence-corrected chi connectivity index (χ4v) is 5.41. The van der Waals surface area contributed by atoms with Crippen molar-refractivity contribution in [1.29, 1.82) is 0 Å². The normalized spacial score (nSPS) is 15.8. The quantitative estimate of drug-likeness (QED) is 0.651. The average molecular weight is 397 g/mol. The fraction of sp³-hybridized carbons (Fsp3) is 0.318. The molecule has 5 nitrogen and oxygen atoms in total. The molecule has 28 heavy (non-hydrogen) atoms. The highest BCUT2D eigenvalue weighted by molar-refractivity contribution is 7.89. The van der Waals surface area contributed by atoms with E-state index in [1.807, 2.05) is 24.3 Å². The summed E-state index contributed by atoms with van der Waals surface area (Å²) in [5, 5.41) is 0.641. The first-order valence-electron chi connectivity index (χ1n) is 9.75. The molecule has 2 heterocycles. The number of sulfonamides is 1. The van der Waals surface area contributed by atoms with Gasteiger partial charge in [-0.05, 0) is 48.6 Å². The maximum Gasteiger partial charge on any atom is 0.243 e. The van der Waals surface area contributed by atoms with Crippen LogP contribution >= 0.6 is 0 Å². The molecule has 146 valence electrons. The number of fused-ring (bicyclic) bond motifs is 1. The van der Waals surface area contributed by atoms with Crippen molar-refractivity contribution >= 4 is 27.2 Å². The van der Waals surface area contributed by atoms with Crippen molar-refractivity contribution in [3.63, 3.8) is 0 Å². The van der Waals surface area contributed by atoms with Crippen LogP contribution in [0.4, 0.5) is 0 Å². The second-order valence-corrected chi connectivity index (χ2v) is 9.19. The minimum absolute atomic E-state index is 0.247. The lowest BCUT2D eigenvalue weighted by Gasteiger charge is -2.25. The smallest absolute Gasteiger partial charge is 0.243 e. The topological polar surface area (TPSA) is 70.2 Å². The standard InChI is InChI=1S/C22H24N2O3S/c1-2-16-6-8-17(9-7-16)22-20(15-25)19-14-18(10-11-21(19)23-22)28(26,27)24-12-4-3-5-13-24/h6-11,14-15,23H,2-5,12-13H2,1H3. The number of benzene rings is 2. The Balaban J connectivity index is 1.80. The maximum absolute atomic E-state index is 13.0. The number of aldehydes is 1. The van der Waals surface area contributed by atoms with Gasteiger partial charge in [-0.25, -0.2) is 8.42 Å². The third-order valence-corrected chi connectivity index (χ3v) is 7.43. The first kappa shape index (κ1) is 18.9. The van der Waals surface area contributed by atoms with E-state index in [4.69, 9.17) is 0 Å². The van der Waals surface area contributed by atoms with Crippen molar-refractivity contribution in [1.82, 2.24) is 9.29 Å². The minimum Gasteiger partial charge on any atom is -0.354 e. The molecule has 0 radical (unpaired) electrons. The SMILES string of the molecule is CCc1ccc(-c2[nH]c3ccc(S(=O)(=O)N4CCCCC4)cc3c2C=O)cc1. The number of hydrogen-bond acceptors (Lipinski definition) is 3. The molecule has 0 atom stereocenters. The van der Waals surface area contributed by atoms with Gasteiger partial charge in [0.1, 0.15) is 0 Å². The van der Waals surface area contributed by atoms with Gasteiger partial charge in [0.05, 0.1) is 10.6 Å². The molecule has 3 aromatic rings. The Hall–Kier alpha value is -2.44. The zero-order valence-corrected chi connectivity index (χ0v) is 16.8. The van der Waals surface area contributed by atoms with Gasteiger partial charge in [0, 0.05) is 29.6 Å². The molecule has 1 aromatic heterocycles. The summed E-state index contributed by atoms with van der Waals surface area (Å²) in [5.41, 5.74) is 4.11. The van der Waals surface area contributed by atoms with E-state index in [1.165, 1.54) is 5.56 Å². The predicted octanol–water partition coefficient (Wildman–Crippen LogP) is 4.38. The number of hydrogen-bond donors (Lipinski definition) is 1. The number of piperidine rings is 1. The molecule has 0 unspecified atom stereocenters. The molecule has 4 rings (SSSR count). The Morgan fingerprint density at radius 1 is 1.04 bits per heavy atom. The van der Waals surface area contributed by atoms with Crippen molar-refractivity contribution < 1.29 is 13.2 Å². The lowest BCUT2D eigenvalue weighted by molar-refractivity contribution is 0.112. The van der Waals surface area contributed by atoms with Crippen LogP contribution in [0.15, 0.2) is 47.4 Å². The monoisotopic (exact) mass is 396 g/mol. The summed E-state index contributed by atoms with van der Waals surface area (Å²) in [6.07, 6.45) is 4.61. The van der Waals surface area contributed by atoms with Gasteiger partial charge in [-0.3, -0.25) is 4.79 Å². The third kappa shape index (κ3) is 3.27. The molecular formula is C22H24N2O3S. The molecule has 2 aromatic carbocycles. The molecule has 1 N–H and O–H groups in total. The Morgan fingerprint density at radius 2 is 1.75 bits per heavy atom. The van der Waals surface area contributed by atoms with Crippen LogP contribution in [0.5, 0.6) is 0 Å². The van der Waals surface area contributed by atoms with Crippen LogP contribution in [0.1, 0.15) is 42.1 Å². The summed E-state index contributed by atoms with van der Waals surface area (Å²) >= 11 is 0. The highest BCUT2D eigenvalue weighted by Crippen LogP contribution is 2.32. The van der Waals surface area contributed by atoms with Gasteiger partial charge >= 0.3 is 0 Å². The van der Waals surface area contributed by atoms with Gasteiger partial charge in [0.25, 0.3) is 0 Å². The average Bonchev–Trinajstić information content (AvgIpc) is 3.12. The van der Waals surface area contributed by atoms with Crippen molar-refractivity contribution in [2.24, 2.45) is 0 Å². The minimum atomic E-state index is -3.54. The number of aromatic nitrogens is 1. The number of aromatic amines is 1. The number of nitrogens with zero attached hydrogens (tertiary/aromatic N) is 1. The highest BCUT2D eigenvalue weighted by atomic mass is 32.2. The third-order valence-electron chi connectivity index (χ3n) is 5.53. The number of aryl methyl sites for hydroxylation is 1. The van der Waals surface area contributed by atoms with Crippen LogP contribution in [0.2, 0.25) is 0 Å². The molecule has 1 aliphatic heterocycles. The van der Waals surface area contributed by atoms with E-state index in [2.05, 4.69) is 11.9 Å². The van der Waals surface area contributed by atoms with Crippen molar-refractivity contribution in [3.8, 4) is 11.3 Å². The number of carbonyl (C=O) groups excluding carboxylic acids is 1. The first-order valence-corrected chi connectivity index (χ1v) is 11.2. The summed E-state index contributed by atoms with van der Waals surface area (Å²) in [7, 11) is -3.54. The number of rotatable bonds is 5. The summed E-state index contributed by atoms with van der Waals surface area (Å²) in [4.78, 5) is 15.4. The summed E-state index contributed by atoms with van der Waals surface area (Å²) in [6.45, 7) is 3.21. The first-order chi connectivity index (χ1) is 13.5. The van der Waals surface area contributed by atoms with Gasteiger partial charge in [0.2, 0.25) is 10.0 Å². The van der Waals surface area contributed by atoms with Crippen molar-refractivity contribution in [2.75, 3.05) is 13.1 Å². The molecule has 0 aliphatic carbocycles. The molecule has 0 saturated carbocycles. The van der Waals surface area contributed by atoms with Crippen LogP contribution < -0.4 is 0 Å². The summed E-state index contributed by atoms with van der Waals surface area (Å²) in [5.74, 6) is 0. The van der Waals surface area contributed by atoms with Gasteiger partial charge in [-0.2, -0.15) is 4.31 Å². The molecule has 0 bridgehead atoms.